The molecule has 0 amide bonds. The highest BCUT2D eigenvalue weighted by molar-refractivity contribution is 5.37. The summed E-state index contributed by atoms with van der Waals surface area (Å²) in [5, 5.41) is 7.50. The Labute approximate surface area is 89.0 Å². The number of aryl methyl sites for hydroxylation is 1. The minimum absolute atomic E-state index is 0.816. The van der Waals surface area contributed by atoms with Crippen LogP contribution in [0.15, 0.2) is 30.7 Å². The van der Waals surface area contributed by atoms with Crippen LogP contribution in [0.1, 0.15) is 11.3 Å². The Kier molecular flexibility index (Phi) is 2.78. The van der Waals surface area contributed by atoms with Crippen LogP contribution in [0.4, 0.5) is 0 Å². The second-order valence-corrected chi connectivity index (χ2v) is 3.44. The summed E-state index contributed by atoms with van der Waals surface area (Å²) in [7, 11) is 1.93. The highest BCUT2D eigenvalue weighted by Gasteiger charge is 2.04. The van der Waals surface area contributed by atoms with Gasteiger partial charge in [-0.05, 0) is 31.7 Å². The van der Waals surface area contributed by atoms with Crippen molar-refractivity contribution >= 4 is 0 Å². The molecule has 2 rings (SSSR count). The molecular weight excluding hydrogens is 188 g/mol. The lowest BCUT2D eigenvalue weighted by atomic mass is 10.2. The van der Waals surface area contributed by atoms with E-state index in [1.165, 1.54) is 5.56 Å². The lowest BCUT2D eigenvalue weighted by Crippen LogP contribution is -2.09. The van der Waals surface area contributed by atoms with Gasteiger partial charge in [-0.2, -0.15) is 5.10 Å². The number of pyridine rings is 1. The van der Waals surface area contributed by atoms with Crippen molar-refractivity contribution in [2.24, 2.45) is 0 Å². The summed E-state index contributed by atoms with van der Waals surface area (Å²) >= 11 is 0. The van der Waals surface area contributed by atoms with E-state index in [4.69, 9.17) is 0 Å². The molecule has 2 aromatic heterocycles. The van der Waals surface area contributed by atoms with Crippen LogP contribution in [0.25, 0.3) is 5.69 Å². The fraction of sp³-hybridized carbons (Fsp3) is 0.273. The van der Waals surface area contributed by atoms with Crippen LogP contribution < -0.4 is 5.32 Å². The number of nitrogens with one attached hydrogen (secondary N) is 1. The molecule has 15 heavy (non-hydrogen) atoms. The third kappa shape index (κ3) is 2.05. The van der Waals surface area contributed by atoms with Crippen molar-refractivity contribution in [3.8, 4) is 5.69 Å². The second-order valence-electron chi connectivity index (χ2n) is 3.44. The van der Waals surface area contributed by atoms with Crippen molar-refractivity contribution in [2.45, 2.75) is 13.5 Å². The van der Waals surface area contributed by atoms with Crippen molar-refractivity contribution in [1.82, 2.24) is 20.1 Å². The van der Waals surface area contributed by atoms with Crippen LogP contribution in [-0.4, -0.2) is 21.8 Å². The molecule has 1 N–H and O–H groups in total. The summed E-state index contributed by atoms with van der Waals surface area (Å²) in [4.78, 5) is 4.12. The van der Waals surface area contributed by atoms with Gasteiger partial charge >= 0.3 is 0 Å². The highest BCUT2D eigenvalue weighted by atomic mass is 15.3. The Bertz CT molecular complexity index is 447. The van der Waals surface area contributed by atoms with Gasteiger partial charge in [0.2, 0.25) is 0 Å². The van der Waals surface area contributed by atoms with E-state index in [1.807, 2.05) is 43.2 Å². The van der Waals surface area contributed by atoms with Gasteiger partial charge in [0.15, 0.2) is 0 Å². The van der Waals surface area contributed by atoms with E-state index in [9.17, 15) is 0 Å². The van der Waals surface area contributed by atoms with Crippen molar-refractivity contribution in [1.29, 1.82) is 0 Å². The summed E-state index contributed by atoms with van der Waals surface area (Å²) in [5.41, 5.74) is 3.23. The number of nitrogens with zero attached hydrogens (tertiary/aromatic N) is 3. The van der Waals surface area contributed by atoms with Crippen LogP contribution >= 0.6 is 0 Å². The molecule has 0 atom stereocenters. The zero-order valence-electron chi connectivity index (χ0n) is 8.94. The minimum Gasteiger partial charge on any atom is -0.316 e. The lowest BCUT2D eigenvalue weighted by Gasteiger charge is -2.07. The first-order chi connectivity index (χ1) is 7.31. The monoisotopic (exact) mass is 202 g/mol. The van der Waals surface area contributed by atoms with Crippen molar-refractivity contribution in [2.75, 3.05) is 7.05 Å². The molecule has 4 nitrogen and oxygen atoms in total. The molecule has 4 heteroatoms. The van der Waals surface area contributed by atoms with Gasteiger partial charge in [-0.15, -0.1) is 0 Å². The molecule has 0 bridgehead atoms. The molecule has 0 aliphatic carbocycles. The van der Waals surface area contributed by atoms with Crippen LogP contribution in [0.5, 0.6) is 0 Å². The first kappa shape index (κ1) is 9.86. The van der Waals surface area contributed by atoms with E-state index in [0.29, 0.717) is 0 Å². The fourth-order valence-corrected chi connectivity index (χ4v) is 1.51. The van der Waals surface area contributed by atoms with Gasteiger partial charge in [-0.25, -0.2) is 4.68 Å². The van der Waals surface area contributed by atoms with Gasteiger partial charge < -0.3 is 5.32 Å². The van der Waals surface area contributed by atoms with Gasteiger partial charge in [0.05, 0.1) is 17.6 Å². The topological polar surface area (TPSA) is 42.7 Å². The average Bonchev–Trinajstić information content (AvgIpc) is 2.66. The first-order valence-electron chi connectivity index (χ1n) is 4.91. The Morgan fingerprint density at radius 1 is 1.40 bits per heavy atom. The van der Waals surface area contributed by atoms with E-state index < -0.39 is 0 Å². The summed E-state index contributed by atoms with van der Waals surface area (Å²) < 4.78 is 1.86. The SMILES string of the molecule is CNCc1ccncc1-n1ccc(C)n1. The maximum Gasteiger partial charge on any atom is 0.0873 e. The average molecular weight is 202 g/mol. The van der Waals surface area contributed by atoms with E-state index in [2.05, 4.69) is 15.4 Å². The molecule has 2 aromatic rings. The highest BCUT2D eigenvalue weighted by Crippen LogP contribution is 2.12. The van der Waals surface area contributed by atoms with Crippen LogP contribution in [-0.2, 0) is 6.54 Å². The zero-order valence-corrected chi connectivity index (χ0v) is 8.94. The van der Waals surface area contributed by atoms with Crippen molar-refractivity contribution in [3.63, 3.8) is 0 Å². The fourth-order valence-electron chi connectivity index (χ4n) is 1.51. The second kappa shape index (κ2) is 4.23. The Morgan fingerprint density at radius 3 is 2.93 bits per heavy atom. The quantitative estimate of drug-likeness (QED) is 0.815. The molecule has 0 aromatic carbocycles. The number of aromatic nitrogens is 3. The van der Waals surface area contributed by atoms with Gasteiger partial charge in [0.25, 0.3) is 0 Å². The molecular formula is C11H14N4. The molecule has 78 valence electrons. The van der Waals surface area contributed by atoms with E-state index in [1.54, 1.807) is 6.20 Å². The molecule has 0 aliphatic rings. The lowest BCUT2D eigenvalue weighted by molar-refractivity contribution is 0.781. The molecule has 0 radical (unpaired) electrons. The predicted molar refractivity (Wildman–Crippen MR) is 58.9 cm³/mol. The molecule has 0 unspecified atom stereocenters. The largest absolute Gasteiger partial charge is 0.316 e. The van der Waals surface area contributed by atoms with Gasteiger partial charge in [-0.1, -0.05) is 0 Å². The smallest absolute Gasteiger partial charge is 0.0873 e. The molecule has 0 spiro atoms. The van der Waals surface area contributed by atoms with Gasteiger partial charge in [0, 0.05) is 18.9 Å². The molecule has 0 saturated heterocycles. The van der Waals surface area contributed by atoms with Crippen molar-refractivity contribution in [3.05, 3.63) is 42.0 Å². The van der Waals surface area contributed by atoms with E-state index in [0.717, 1.165) is 17.9 Å². The van der Waals surface area contributed by atoms with E-state index >= 15 is 0 Å². The zero-order chi connectivity index (χ0) is 10.7. The number of rotatable bonds is 3. The molecule has 2 heterocycles. The normalized spacial score (nSPS) is 10.5. The van der Waals surface area contributed by atoms with Crippen LogP contribution in [0.2, 0.25) is 0 Å². The third-order valence-electron chi connectivity index (χ3n) is 2.22. The maximum absolute atomic E-state index is 4.37. The standard InChI is InChI=1S/C11H14N4/c1-9-4-6-15(14-9)11-8-13-5-3-10(11)7-12-2/h3-6,8,12H,7H2,1-2H3. The van der Waals surface area contributed by atoms with Gasteiger partial charge in [0.1, 0.15) is 0 Å². The minimum atomic E-state index is 0.816. The predicted octanol–water partition coefficient (Wildman–Crippen LogP) is 1.30. The molecule has 0 fully saturated rings. The molecule has 0 saturated carbocycles. The number of hydrogen-bond acceptors (Lipinski definition) is 3. The summed E-state index contributed by atoms with van der Waals surface area (Å²) in [5.74, 6) is 0. The first-order valence-corrected chi connectivity index (χ1v) is 4.91. The Balaban J connectivity index is 2.42. The summed E-state index contributed by atoms with van der Waals surface area (Å²) in [6.45, 7) is 2.79. The van der Waals surface area contributed by atoms with Crippen molar-refractivity contribution < 1.29 is 0 Å². The summed E-state index contributed by atoms with van der Waals surface area (Å²) in [6.07, 6.45) is 5.58. The van der Waals surface area contributed by atoms with Crippen LogP contribution in [0.3, 0.4) is 0 Å². The third-order valence-corrected chi connectivity index (χ3v) is 2.22. The Hall–Kier alpha value is -1.68. The Morgan fingerprint density at radius 2 is 2.27 bits per heavy atom. The van der Waals surface area contributed by atoms with E-state index in [-0.39, 0.29) is 0 Å². The van der Waals surface area contributed by atoms with Gasteiger partial charge in [-0.3, -0.25) is 4.98 Å². The maximum atomic E-state index is 4.37. The molecule has 0 aliphatic heterocycles. The van der Waals surface area contributed by atoms with Crippen LogP contribution in [0, 0.1) is 6.92 Å². The number of hydrogen-bond donors (Lipinski definition) is 1. The summed E-state index contributed by atoms with van der Waals surface area (Å²) in [6, 6.07) is 3.99.